The van der Waals surface area contributed by atoms with Crippen LogP contribution in [0.4, 0.5) is 0 Å². The fourth-order valence-corrected chi connectivity index (χ4v) is 2.38. The number of rotatable bonds is 6. The summed E-state index contributed by atoms with van der Waals surface area (Å²) in [5, 5.41) is 8.77. The molecule has 1 heterocycles. The van der Waals surface area contributed by atoms with Gasteiger partial charge >= 0.3 is 0 Å². The van der Waals surface area contributed by atoms with E-state index in [1.54, 1.807) is 0 Å². The Morgan fingerprint density at radius 3 is 2.78 bits per heavy atom. The summed E-state index contributed by atoms with van der Waals surface area (Å²) >= 11 is 0. The minimum absolute atomic E-state index is 0.172. The third kappa shape index (κ3) is 3.80. The first-order valence-corrected chi connectivity index (χ1v) is 6.68. The van der Waals surface area contributed by atoms with Crippen molar-refractivity contribution in [2.24, 2.45) is 0 Å². The monoisotopic (exact) mass is 250 g/mol. The zero-order chi connectivity index (χ0) is 12.8. The van der Waals surface area contributed by atoms with Gasteiger partial charge in [0.25, 0.3) is 0 Å². The van der Waals surface area contributed by atoms with E-state index in [4.69, 9.17) is 14.6 Å². The Morgan fingerprint density at radius 1 is 1.28 bits per heavy atom. The number of hydrogen-bond acceptors (Lipinski definition) is 3. The van der Waals surface area contributed by atoms with E-state index in [0.717, 1.165) is 25.7 Å². The van der Waals surface area contributed by atoms with Gasteiger partial charge in [-0.05, 0) is 31.7 Å². The third-order valence-corrected chi connectivity index (χ3v) is 3.29. The van der Waals surface area contributed by atoms with Gasteiger partial charge in [0.15, 0.2) is 5.79 Å². The molecule has 0 amide bonds. The lowest BCUT2D eigenvalue weighted by atomic mass is 10.1. The summed E-state index contributed by atoms with van der Waals surface area (Å²) in [7, 11) is 0. The van der Waals surface area contributed by atoms with Crippen LogP contribution in [-0.2, 0) is 15.9 Å². The van der Waals surface area contributed by atoms with Crippen LogP contribution in [0.25, 0.3) is 0 Å². The molecule has 1 aromatic rings. The van der Waals surface area contributed by atoms with Gasteiger partial charge in [-0.15, -0.1) is 0 Å². The van der Waals surface area contributed by atoms with E-state index in [9.17, 15) is 0 Å². The lowest BCUT2D eigenvalue weighted by Crippen LogP contribution is -2.29. The van der Waals surface area contributed by atoms with Crippen molar-refractivity contribution in [1.29, 1.82) is 0 Å². The van der Waals surface area contributed by atoms with Gasteiger partial charge in [-0.25, -0.2) is 0 Å². The normalized spacial score (nSPS) is 27.6. The molecular formula is C15H22O3. The van der Waals surface area contributed by atoms with Crippen molar-refractivity contribution < 1.29 is 14.6 Å². The molecule has 1 fully saturated rings. The average Bonchev–Trinajstić information content (AvgIpc) is 2.72. The Bertz CT molecular complexity index is 352. The SMILES string of the molecule is C[C@@]1(Cc2ccccc2)OC[C@@H](CCCCO)O1. The molecule has 0 bridgehead atoms. The highest BCUT2D eigenvalue weighted by atomic mass is 16.7. The van der Waals surface area contributed by atoms with Crippen LogP contribution in [0.5, 0.6) is 0 Å². The molecule has 1 aliphatic heterocycles. The Kier molecular flexibility index (Phi) is 4.75. The van der Waals surface area contributed by atoms with Gasteiger partial charge in [0, 0.05) is 13.0 Å². The van der Waals surface area contributed by atoms with Crippen LogP contribution in [0, 0.1) is 0 Å². The minimum atomic E-state index is -0.495. The number of aliphatic hydroxyl groups is 1. The van der Waals surface area contributed by atoms with E-state index >= 15 is 0 Å². The van der Waals surface area contributed by atoms with Crippen LogP contribution < -0.4 is 0 Å². The molecule has 1 aromatic carbocycles. The molecule has 3 heteroatoms. The smallest absolute Gasteiger partial charge is 0.170 e. The quantitative estimate of drug-likeness (QED) is 0.788. The number of ether oxygens (including phenoxy) is 2. The van der Waals surface area contributed by atoms with Gasteiger partial charge in [0.05, 0.1) is 12.7 Å². The predicted octanol–water partition coefficient (Wildman–Crippen LogP) is 2.52. The van der Waals surface area contributed by atoms with Crippen molar-refractivity contribution >= 4 is 0 Å². The van der Waals surface area contributed by atoms with E-state index in [0.29, 0.717) is 6.61 Å². The highest BCUT2D eigenvalue weighted by Crippen LogP contribution is 2.29. The maximum absolute atomic E-state index is 8.77. The molecule has 0 aromatic heterocycles. The lowest BCUT2D eigenvalue weighted by Gasteiger charge is -2.23. The Labute approximate surface area is 109 Å². The predicted molar refractivity (Wildman–Crippen MR) is 70.3 cm³/mol. The molecule has 18 heavy (non-hydrogen) atoms. The van der Waals surface area contributed by atoms with Crippen molar-refractivity contribution in [2.75, 3.05) is 13.2 Å². The van der Waals surface area contributed by atoms with Crippen LogP contribution in [0.15, 0.2) is 30.3 Å². The van der Waals surface area contributed by atoms with Crippen molar-refractivity contribution in [3.8, 4) is 0 Å². The molecule has 0 saturated carbocycles. The zero-order valence-corrected chi connectivity index (χ0v) is 11.0. The number of aliphatic hydroxyl groups excluding tert-OH is 1. The number of hydrogen-bond donors (Lipinski definition) is 1. The first-order valence-electron chi connectivity index (χ1n) is 6.68. The Morgan fingerprint density at radius 2 is 2.06 bits per heavy atom. The first kappa shape index (κ1) is 13.5. The van der Waals surface area contributed by atoms with Gasteiger partial charge in [-0.3, -0.25) is 0 Å². The minimum Gasteiger partial charge on any atom is -0.396 e. The van der Waals surface area contributed by atoms with E-state index in [1.807, 2.05) is 25.1 Å². The largest absolute Gasteiger partial charge is 0.396 e. The molecule has 0 radical (unpaired) electrons. The molecule has 1 N–H and O–H groups in total. The van der Waals surface area contributed by atoms with E-state index in [-0.39, 0.29) is 12.7 Å². The Hall–Kier alpha value is -0.900. The summed E-state index contributed by atoms with van der Waals surface area (Å²) in [5.41, 5.74) is 1.23. The number of unbranched alkanes of at least 4 members (excludes halogenated alkanes) is 1. The molecule has 0 spiro atoms. The van der Waals surface area contributed by atoms with Crippen LogP contribution in [0.2, 0.25) is 0 Å². The fourth-order valence-electron chi connectivity index (χ4n) is 2.38. The first-order chi connectivity index (χ1) is 8.72. The molecule has 0 aliphatic carbocycles. The fraction of sp³-hybridized carbons (Fsp3) is 0.600. The van der Waals surface area contributed by atoms with Crippen LogP contribution >= 0.6 is 0 Å². The van der Waals surface area contributed by atoms with Gasteiger partial charge in [0.1, 0.15) is 0 Å². The zero-order valence-electron chi connectivity index (χ0n) is 11.0. The van der Waals surface area contributed by atoms with Crippen molar-refractivity contribution in [3.05, 3.63) is 35.9 Å². The van der Waals surface area contributed by atoms with Crippen molar-refractivity contribution in [3.63, 3.8) is 0 Å². The lowest BCUT2D eigenvalue weighted by molar-refractivity contribution is -0.153. The van der Waals surface area contributed by atoms with Crippen LogP contribution in [0.1, 0.15) is 31.7 Å². The summed E-state index contributed by atoms with van der Waals surface area (Å²) in [5.74, 6) is -0.495. The van der Waals surface area contributed by atoms with E-state index < -0.39 is 5.79 Å². The molecule has 1 saturated heterocycles. The van der Waals surface area contributed by atoms with Gasteiger partial charge in [-0.1, -0.05) is 30.3 Å². The summed E-state index contributed by atoms with van der Waals surface area (Å²) in [6, 6.07) is 10.3. The van der Waals surface area contributed by atoms with Gasteiger partial charge in [0.2, 0.25) is 0 Å². The second-order valence-corrected chi connectivity index (χ2v) is 5.07. The Balaban J connectivity index is 1.82. The maximum atomic E-state index is 8.77. The number of benzene rings is 1. The van der Waals surface area contributed by atoms with Crippen LogP contribution in [-0.4, -0.2) is 30.2 Å². The summed E-state index contributed by atoms with van der Waals surface area (Å²) in [4.78, 5) is 0. The average molecular weight is 250 g/mol. The summed E-state index contributed by atoms with van der Waals surface area (Å²) < 4.78 is 11.8. The third-order valence-electron chi connectivity index (χ3n) is 3.29. The maximum Gasteiger partial charge on any atom is 0.170 e. The summed E-state index contributed by atoms with van der Waals surface area (Å²) in [6.07, 6.45) is 3.75. The molecule has 1 aliphatic rings. The highest BCUT2D eigenvalue weighted by molar-refractivity contribution is 5.16. The molecule has 100 valence electrons. The molecule has 0 unspecified atom stereocenters. The molecule has 2 atom stereocenters. The van der Waals surface area contributed by atoms with Crippen molar-refractivity contribution in [2.45, 2.75) is 44.5 Å². The topological polar surface area (TPSA) is 38.7 Å². The van der Waals surface area contributed by atoms with E-state index in [2.05, 4.69) is 12.1 Å². The molecule has 2 rings (SSSR count). The second kappa shape index (κ2) is 6.32. The van der Waals surface area contributed by atoms with Crippen molar-refractivity contribution in [1.82, 2.24) is 0 Å². The highest BCUT2D eigenvalue weighted by Gasteiger charge is 2.36. The second-order valence-electron chi connectivity index (χ2n) is 5.07. The molecular weight excluding hydrogens is 228 g/mol. The van der Waals surface area contributed by atoms with Gasteiger partial charge in [-0.2, -0.15) is 0 Å². The standard InChI is InChI=1S/C15H22O3/c1-15(11-13-7-3-2-4-8-13)17-12-14(18-15)9-5-6-10-16/h2-4,7-8,14,16H,5-6,9-12H2,1H3/t14-,15-/m1/s1. The molecule has 3 nitrogen and oxygen atoms in total. The summed E-state index contributed by atoms with van der Waals surface area (Å²) in [6.45, 7) is 2.93. The van der Waals surface area contributed by atoms with E-state index in [1.165, 1.54) is 5.56 Å². The van der Waals surface area contributed by atoms with Gasteiger partial charge < -0.3 is 14.6 Å². The van der Waals surface area contributed by atoms with Crippen LogP contribution in [0.3, 0.4) is 0 Å².